The van der Waals surface area contributed by atoms with Gasteiger partial charge in [-0.3, -0.25) is 19.3 Å². The highest BCUT2D eigenvalue weighted by molar-refractivity contribution is 8.00. The van der Waals surface area contributed by atoms with Gasteiger partial charge in [0.2, 0.25) is 5.91 Å². The van der Waals surface area contributed by atoms with E-state index in [2.05, 4.69) is 10.2 Å². The van der Waals surface area contributed by atoms with Gasteiger partial charge in [-0.25, -0.2) is 4.39 Å². The van der Waals surface area contributed by atoms with Gasteiger partial charge in [-0.1, -0.05) is 12.1 Å². The average Bonchev–Trinajstić information content (AvgIpc) is 3.20. The fourth-order valence-corrected chi connectivity index (χ4v) is 5.50. The Morgan fingerprint density at radius 3 is 2.41 bits per heavy atom. The number of carbonyl (C=O) groups excluding carboxylic acids is 3. The van der Waals surface area contributed by atoms with Gasteiger partial charge in [0.1, 0.15) is 5.82 Å². The number of benzene rings is 2. The van der Waals surface area contributed by atoms with Crippen molar-refractivity contribution in [2.24, 2.45) is 0 Å². The van der Waals surface area contributed by atoms with Crippen LogP contribution in [-0.4, -0.2) is 76.3 Å². The molecule has 0 spiro atoms. The molecule has 2 aliphatic heterocycles. The molecule has 2 aliphatic rings. The van der Waals surface area contributed by atoms with E-state index in [9.17, 15) is 18.8 Å². The molecule has 34 heavy (non-hydrogen) atoms. The molecule has 180 valence electrons. The van der Waals surface area contributed by atoms with Crippen molar-refractivity contribution < 1.29 is 18.8 Å². The Labute approximate surface area is 203 Å². The molecule has 0 saturated carbocycles. The first kappa shape index (κ1) is 24.2. The summed E-state index contributed by atoms with van der Waals surface area (Å²) in [5, 5.41) is 2.23. The predicted molar refractivity (Wildman–Crippen MR) is 131 cm³/mol. The van der Waals surface area contributed by atoms with Gasteiger partial charge in [-0.2, -0.15) is 0 Å². The molecule has 0 radical (unpaired) electrons. The minimum absolute atomic E-state index is 0.0283. The first-order valence-corrected chi connectivity index (χ1v) is 12.5. The number of nitrogens with one attached hydrogen (secondary N) is 1. The molecule has 1 unspecified atom stereocenters. The van der Waals surface area contributed by atoms with Crippen molar-refractivity contribution in [1.82, 2.24) is 14.7 Å². The SMILES string of the molecule is CC(=O)Nc1ccc(CN2CCCN(C(=O)C3SCCN3C(=O)c3ccc(F)cc3)CC2)cc1. The highest BCUT2D eigenvalue weighted by atomic mass is 32.2. The third-order valence-corrected chi connectivity index (χ3v) is 7.23. The zero-order valence-corrected chi connectivity index (χ0v) is 20.0. The van der Waals surface area contributed by atoms with E-state index in [0.29, 0.717) is 31.0 Å². The van der Waals surface area contributed by atoms with E-state index in [-0.39, 0.29) is 17.7 Å². The molecule has 2 aromatic carbocycles. The Bertz CT molecular complexity index is 1030. The van der Waals surface area contributed by atoms with E-state index in [1.54, 1.807) is 4.90 Å². The molecule has 2 heterocycles. The molecule has 1 atom stereocenters. The highest BCUT2D eigenvalue weighted by Crippen LogP contribution is 2.28. The predicted octanol–water partition coefficient (Wildman–Crippen LogP) is 3.03. The van der Waals surface area contributed by atoms with Gasteiger partial charge in [0.25, 0.3) is 11.8 Å². The van der Waals surface area contributed by atoms with Gasteiger partial charge in [0, 0.05) is 63.2 Å². The summed E-state index contributed by atoms with van der Waals surface area (Å²) in [6.45, 7) is 5.67. The number of anilines is 1. The lowest BCUT2D eigenvalue weighted by molar-refractivity contribution is -0.132. The van der Waals surface area contributed by atoms with Gasteiger partial charge in [-0.15, -0.1) is 11.8 Å². The molecular weight excluding hydrogens is 455 g/mol. The van der Waals surface area contributed by atoms with Crippen molar-refractivity contribution in [3.63, 3.8) is 0 Å². The quantitative estimate of drug-likeness (QED) is 0.706. The summed E-state index contributed by atoms with van der Waals surface area (Å²) >= 11 is 1.49. The second kappa shape index (κ2) is 11.0. The Kier molecular flexibility index (Phi) is 7.84. The van der Waals surface area contributed by atoms with Crippen LogP contribution in [0.2, 0.25) is 0 Å². The van der Waals surface area contributed by atoms with Crippen LogP contribution < -0.4 is 5.32 Å². The number of nitrogens with zero attached hydrogens (tertiary/aromatic N) is 3. The van der Waals surface area contributed by atoms with Crippen molar-refractivity contribution in [3.8, 4) is 0 Å². The Morgan fingerprint density at radius 1 is 0.971 bits per heavy atom. The molecule has 1 N–H and O–H groups in total. The number of hydrogen-bond acceptors (Lipinski definition) is 5. The Morgan fingerprint density at radius 2 is 1.71 bits per heavy atom. The molecule has 3 amide bonds. The van der Waals surface area contributed by atoms with E-state index < -0.39 is 11.2 Å². The zero-order chi connectivity index (χ0) is 24.1. The number of thioether (sulfide) groups is 1. The van der Waals surface area contributed by atoms with Crippen molar-refractivity contribution in [2.45, 2.75) is 25.3 Å². The Hall–Kier alpha value is -2.91. The van der Waals surface area contributed by atoms with Crippen molar-refractivity contribution in [3.05, 3.63) is 65.5 Å². The van der Waals surface area contributed by atoms with Crippen molar-refractivity contribution in [1.29, 1.82) is 0 Å². The summed E-state index contributed by atoms with van der Waals surface area (Å²) in [5.74, 6) is -0.0410. The summed E-state index contributed by atoms with van der Waals surface area (Å²) in [5.41, 5.74) is 2.32. The topological polar surface area (TPSA) is 73.0 Å². The van der Waals surface area contributed by atoms with Gasteiger partial charge in [-0.05, 0) is 48.4 Å². The molecule has 7 nitrogen and oxygen atoms in total. The van der Waals surface area contributed by atoms with Crippen LogP contribution in [0.3, 0.4) is 0 Å². The summed E-state index contributed by atoms with van der Waals surface area (Å²) in [6, 6.07) is 13.3. The maximum Gasteiger partial charge on any atom is 0.255 e. The lowest BCUT2D eigenvalue weighted by atomic mass is 10.2. The number of rotatable bonds is 5. The van der Waals surface area contributed by atoms with E-state index in [1.807, 2.05) is 29.2 Å². The summed E-state index contributed by atoms with van der Waals surface area (Å²) in [7, 11) is 0. The Balaban J connectivity index is 1.34. The molecule has 0 bridgehead atoms. The standard InChI is InChI=1S/C25H29FN4O3S/c1-18(31)27-22-9-3-19(4-10-22)17-28-11-2-12-29(14-13-28)24(33)25-30(15-16-34-25)23(32)20-5-7-21(26)8-6-20/h3-10,25H,2,11-17H2,1H3,(H,27,31). The zero-order valence-electron chi connectivity index (χ0n) is 19.2. The fourth-order valence-electron chi connectivity index (χ4n) is 4.30. The number of carbonyl (C=O) groups is 3. The van der Waals surface area contributed by atoms with Gasteiger partial charge in [0.15, 0.2) is 5.37 Å². The van der Waals surface area contributed by atoms with Crippen LogP contribution in [0.5, 0.6) is 0 Å². The van der Waals surface area contributed by atoms with Crippen LogP contribution in [0.15, 0.2) is 48.5 Å². The van der Waals surface area contributed by atoms with E-state index >= 15 is 0 Å². The molecule has 2 saturated heterocycles. The van der Waals surface area contributed by atoms with Crippen molar-refractivity contribution in [2.75, 3.05) is 43.8 Å². The van der Waals surface area contributed by atoms with E-state index in [4.69, 9.17) is 0 Å². The number of halogens is 1. The van der Waals surface area contributed by atoms with Gasteiger partial charge in [0.05, 0.1) is 0 Å². The smallest absolute Gasteiger partial charge is 0.255 e. The summed E-state index contributed by atoms with van der Waals surface area (Å²) < 4.78 is 13.2. The fraction of sp³-hybridized carbons (Fsp3) is 0.400. The van der Waals surface area contributed by atoms with Crippen LogP contribution in [0, 0.1) is 5.82 Å². The molecule has 0 aliphatic carbocycles. The summed E-state index contributed by atoms with van der Waals surface area (Å²) in [6.07, 6.45) is 0.860. The lowest BCUT2D eigenvalue weighted by Crippen LogP contribution is -2.47. The maximum absolute atomic E-state index is 13.3. The molecule has 0 aromatic heterocycles. The number of hydrogen-bond donors (Lipinski definition) is 1. The third-order valence-electron chi connectivity index (χ3n) is 6.03. The molecular formula is C25H29FN4O3S. The summed E-state index contributed by atoms with van der Waals surface area (Å²) in [4.78, 5) is 43.3. The average molecular weight is 485 g/mol. The minimum atomic E-state index is -0.537. The van der Waals surface area contributed by atoms with Crippen LogP contribution in [0.1, 0.15) is 29.3 Å². The van der Waals surface area contributed by atoms with Gasteiger partial charge >= 0.3 is 0 Å². The van der Waals surface area contributed by atoms with Crippen LogP contribution in [0.4, 0.5) is 10.1 Å². The lowest BCUT2D eigenvalue weighted by Gasteiger charge is -2.29. The van der Waals surface area contributed by atoms with Crippen molar-refractivity contribution >= 4 is 35.2 Å². The minimum Gasteiger partial charge on any atom is -0.339 e. The largest absolute Gasteiger partial charge is 0.339 e. The molecule has 4 rings (SSSR count). The monoisotopic (exact) mass is 484 g/mol. The van der Waals surface area contributed by atoms with Crippen LogP contribution in [0.25, 0.3) is 0 Å². The molecule has 9 heteroatoms. The van der Waals surface area contributed by atoms with Crippen LogP contribution in [-0.2, 0) is 16.1 Å². The normalized spacial score (nSPS) is 19.1. The van der Waals surface area contributed by atoms with E-state index in [0.717, 1.165) is 37.3 Å². The molecule has 2 aromatic rings. The first-order valence-electron chi connectivity index (χ1n) is 11.5. The third kappa shape index (κ3) is 5.95. The maximum atomic E-state index is 13.3. The molecule has 2 fully saturated rings. The number of amides is 3. The van der Waals surface area contributed by atoms with E-state index in [1.165, 1.54) is 43.0 Å². The first-order chi connectivity index (χ1) is 16.4. The van der Waals surface area contributed by atoms with Gasteiger partial charge < -0.3 is 15.1 Å². The second-order valence-corrected chi connectivity index (χ2v) is 9.75. The second-order valence-electron chi connectivity index (χ2n) is 8.56. The van der Waals surface area contributed by atoms with Crippen LogP contribution >= 0.6 is 11.8 Å². The highest BCUT2D eigenvalue weighted by Gasteiger charge is 2.38.